The van der Waals surface area contributed by atoms with Gasteiger partial charge in [-0.3, -0.25) is 14.4 Å². The van der Waals surface area contributed by atoms with Crippen molar-refractivity contribution in [2.75, 3.05) is 17.3 Å². The average molecular weight is 406 g/mol. The Morgan fingerprint density at radius 3 is 2.33 bits per heavy atom. The van der Waals surface area contributed by atoms with E-state index in [2.05, 4.69) is 10.6 Å². The van der Waals surface area contributed by atoms with Crippen LogP contribution in [0, 0.1) is 0 Å². The van der Waals surface area contributed by atoms with Crippen LogP contribution in [0.15, 0.2) is 42.5 Å². The molecule has 0 saturated carbocycles. The molecule has 3 amide bonds. The molecule has 6 nitrogen and oxygen atoms in total. The first-order valence-electron chi connectivity index (χ1n) is 8.16. The molecule has 0 spiro atoms. The van der Waals surface area contributed by atoms with Crippen molar-refractivity contribution < 1.29 is 14.4 Å². The van der Waals surface area contributed by atoms with Gasteiger partial charge in [-0.25, -0.2) is 0 Å². The molecule has 0 fully saturated rings. The Labute approximate surface area is 166 Å². The van der Waals surface area contributed by atoms with E-state index in [1.54, 1.807) is 49.5 Å². The standard InChI is InChI=1S/C19H17Cl2N3O3/c1-11(25)23-19(12-6-3-4-9-15(12)24(2)18(19)27)10-16(26)22-17-13(20)7-5-8-14(17)21/h3-9H,10H2,1-2H3,(H,22,26)(H,23,25). The van der Waals surface area contributed by atoms with E-state index in [4.69, 9.17) is 23.2 Å². The molecule has 2 N–H and O–H groups in total. The highest BCUT2D eigenvalue weighted by molar-refractivity contribution is 6.39. The van der Waals surface area contributed by atoms with Gasteiger partial charge in [0.05, 0.1) is 22.2 Å². The van der Waals surface area contributed by atoms with Crippen LogP contribution >= 0.6 is 23.2 Å². The molecule has 140 valence electrons. The van der Waals surface area contributed by atoms with Gasteiger partial charge in [-0.05, 0) is 18.2 Å². The summed E-state index contributed by atoms with van der Waals surface area (Å²) in [6.07, 6.45) is -0.297. The number of carbonyl (C=O) groups excluding carboxylic acids is 3. The number of hydrogen-bond donors (Lipinski definition) is 2. The van der Waals surface area contributed by atoms with Crippen molar-refractivity contribution >= 4 is 52.3 Å². The fraction of sp³-hybridized carbons (Fsp3) is 0.211. The number of fused-ring (bicyclic) bond motifs is 1. The molecule has 0 radical (unpaired) electrons. The minimum Gasteiger partial charge on any atom is -0.338 e. The minimum absolute atomic E-state index is 0.260. The lowest BCUT2D eigenvalue weighted by atomic mass is 9.87. The molecule has 1 unspecified atom stereocenters. The third kappa shape index (κ3) is 3.38. The SMILES string of the molecule is CC(=O)NC1(CC(=O)Nc2c(Cl)cccc2Cl)C(=O)N(C)c2ccccc21. The van der Waals surface area contributed by atoms with Crippen LogP contribution in [0.25, 0.3) is 0 Å². The predicted octanol–water partition coefficient (Wildman–Crippen LogP) is 3.33. The van der Waals surface area contributed by atoms with E-state index in [1.165, 1.54) is 11.8 Å². The summed E-state index contributed by atoms with van der Waals surface area (Å²) in [5.41, 5.74) is -0.0292. The Bertz CT molecular complexity index is 927. The maximum Gasteiger partial charge on any atom is 0.257 e. The summed E-state index contributed by atoms with van der Waals surface area (Å²) in [5.74, 6) is -1.31. The molecule has 1 heterocycles. The van der Waals surface area contributed by atoms with Gasteiger partial charge in [-0.15, -0.1) is 0 Å². The average Bonchev–Trinajstić information content (AvgIpc) is 2.81. The molecule has 2 aromatic rings. The number of anilines is 2. The summed E-state index contributed by atoms with van der Waals surface area (Å²) in [6, 6.07) is 11.9. The number of nitrogens with one attached hydrogen (secondary N) is 2. The van der Waals surface area contributed by atoms with Crippen LogP contribution < -0.4 is 15.5 Å². The number of para-hydroxylation sites is 2. The fourth-order valence-corrected chi connectivity index (χ4v) is 3.81. The van der Waals surface area contributed by atoms with Gasteiger partial charge in [-0.2, -0.15) is 0 Å². The highest BCUT2D eigenvalue weighted by atomic mass is 35.5. The molecule has 1 aliphatic rings. The minimum atomic E-state index is -1.49. The molecule has 2 aromatic carbocycles. The highest BCUT2D eigenvalue weighted by Crippen LogP contribution is 2.42. The van der Waals surface area contributed by atoms with Crippen molar-refractivity contribution in [3.63, 3.8) is 0 Å². The largest absolute Gasteiger partial charge is 0.338 e. The number of rotatable bonds is 4. The fourth-order valence-electron chi connectivity index (χ4n) is 3.32. The Kier molecular flexibility index (Phi) is 5.13. The first kappa shape index (κ1) is 19.2. The van der Waals surface area contributed by atoms with Crippen LogP contribution in [-0.4, -0.2) is 24.8 Å². The number of carbonyl (C=O) groups is 3. The maximum absolute atomic E-state index is 13.0. The van der Waals surface area contributed by atoms with Crippen molar-refractivity contribution in [3.8, 4) is 0 Å². The van der Waals surface area contributed by atoms with Crippen LogP contribution in [0.4, 0.5) is 11.4 Å². The predicted molar refractivity (Wildman–Crippen MR) is 105 cm³/mol. The van der Waals surface area contributed by atoms with E-state index in [-0.39, 0.29) is 28.1 Å². The lowest BCUT2D eigenvalue weighted by molar-refractivity contribution is -0.133. The van der Waals surface area contributed by atoms with E-state index >= 15 is 0 Å². The zero-order valence-electron chi connectivity index (χ0n) is 14.7. The van der Waals surface area contributed by atoms with Crippen molar-refractivity contribution in [2.45, 2.75) is 18.9 Å². The van der Waals surface area contributed by atoms with E-state index in [0.717, 1.165) is 0 Å². The first-order chi connectivity index (χ1) is 12.8. The summed E-state index contributed by atoms with van der Waals surface area (Å²) in [4.78, 5) is 39.1. The zero-order chi connectivity index (χ0) is 19.8. The molecule has 1 aliphatic heterocycles. The topological polar surface area (TPSA) is 78.5 Å². The van der Waals surface area contributed by atoms with Gasteiger partial charge in [0.1, 0.15) is 0 Å². The third-order valence-corrected chi connectivity index (χ3v) is 5.07. The van der Waals surface area contributed by atoms with Crippen molar-refractivity contribution in [1.29, 1.82) is 0 Å². The van der Waals surface area contributed by atoms with Gasteiger partial charge in [0.15, 0.2) is 5.54 Å². The lowest BCUT2D eigenvalue weighted by Crippen LogP contribution is -2.53. The van der Waals surface area contributed by atoms with Gasteiger partial charge in [0.2, 0.25) is 11.8 Å². The number of nitrogens with zero attached hydrogens (tertiary/aromatic N) is 1. The molecule has 0 saturated heterocycles. The summed E-state index contributed by atoms with van der Waals surface area (Å²) in [7, 11) is 1.60. The highest BCUT2D eigenvalue weighted by Gasteiger charge is 2.51. The molecule has 0 bridgehead atoms. The molecule has 0 aromatic heterocycles. The van der Waals surface area contributed by atoms with Crippen LogP contribution in [0.2, 0.25) is 10.0 Å². The van der Waals surface area contributed by atoms with Crippen LogP contribution in [0.1, 0.15) is 18.9 Å². The van der Waals surface area contributed by atoms with Crippen molar-refractivity contribution in [3.05, 3.63) is 58.1 Å². The summed E-state index contributed by atoms with van der Waals surface area (Å²) >= 11 is 12.2. The van der Waals surface area contributed by atoms with Gasteiger partial charge in [-0.1, -0.05) is 47.5 Å². The number of halogens is 2. The second kappa shape index (κ2) is 7.21. The molecular weight excluding hydrogens is 389 g/mol. The van der Waals surface area contributed by atoms with Gasteiger partial charge < -0.3 is 15.5 Å². The molecule has 27 heavy (non-hydrogen) atoms. The summed E-state index contributed by atoms with van der Waals surface area (Å²) in [6.45, 7) is 1.30. The van der Waals surface area contributed by atoms with Gasteiger partial charge in [0, 0.05) is 25.2 Å². The molecule has 0 aliphatic carbocycles. The number of likely N-dealkylation sites (N-methyl/N-ethyl adjacent to an activating group) is 1. The lowest BCUT2D eigenvalue weighted by Gasteiger charge is -2.28. The number of benzene rings is 2. The smallest absolute Gasteiger partial charge is 0.257 e. The first-order valence-corrected chi connectivity index (χ1v) is 8.92. The maximum atomic E-state index is 13.0. The Hall–Kier alpha value is -2.57. The van der Waals surface area contributed by atoms with E-state index < -0.39 is 17.4 Å². The summed E-state index contributed by atoms with van der Waals surface area (Å²) < 4.78 is 0. The summed E-state index contributed by atoms with van der Waals surface area (Å²) in [5, 5.41) is 5.88. The molecule has 8 heteroatoms. The second-order valence-electron chi connectivity index (χ2n) is 6.29. The van der Waals surface area contributed by atoms with Crippen LogP contribution in [0.5, 0.6) is 0 Å². The Morgan fingerprint density at radius 2 is 1.70 bits per heavy atom. The van der Waals surface area contributed by atoms with Gasteiger partial charge in [0.25, 0.3) is 5.91 Å². The van der Waals surface area contributed by atoms with E-state index in [9.17, 15) is 14.4 Å². The van der Waals surface area contributed by atoms with Crippen LogP contribution in [-0.2, 0) is 19.9 Å². The van der Waals surface area contributed by atoms with E-state index in [1.807, 2.05) is 0 Å². The van der Waals surface area contributed by atoms with Crippen molar-refractivity contribution in [2.24, 2.45) is 0 Å². The Balaban J connectivity index is 1.98. The Morgan fingerprint density at radius 1 is 1.07 bits per heavy atom. The van der Waals surface area contributed by atoms with Crippen LogP contribution in [0.3, 0.4) is 0 Å². The van der Waals surface area contributed by atoms with Crippen molar-refractivity contribution in [1.82, 2.24) is 5.32 Å². The quantitative estimate of drug-likeness (QED) is 0.818. The monoisotopic (exact) mass is 405 g/mol. The third-order valence-electron chi connectivity index (χ3n) is 4.44. The van der Waals surface area contributed by atoms with Gasteiger partial charge >= 0.3 is 0 Å². The van der Waals surface area contributed by atoms with E-state index in [0.29, 0.717) is 11.3 Å². The normalized spacial score (nSPS) is 18.2. The number of hydrogen-bond acceptors (Lipinski definition) is 3. The zero-order valence-corrected chi connectivity index (χ0v) is 16.2. The molecular formula is C19H17Cl2N3O3. The second-order valence-corrected chi connectivity index (χ2v) is 7.10. The molecule has 1 atom stereocenters. The number of amides is 3. The molecule has 3 rings (SSSR count).